The largest absolute Gasteiger partial charge is 0.497 e. The average molecular weight is 557 g/mol. The molecule has 2 atom stereocenters. The fraction of sp³-hybridized carbons (Fsp3) is 0.441. The average Bonchev–Trinajstić information content (AvgIpc) is 3.45. The summed E-state index contributed by atoms with van der Waals surface area (Å²) < 4.78 is 19.7. The van der Waals surface area contributed by atoms with Gasteiger partial charge in [-0.1, -0.05) is 36.4 Å². The van der Waals surface area contributed by atoms with E-state index in [4.69, 9.17) is 4.74 Å². The SMILES string of the molecule is COc1ccc(NC(=O)CC[C@@H]2CN(C3Cc4ccccc4C3)CC[C@@H]2N2CCN(c3ccccc3F)CC2)cc1. The molecule has 7 heteroatoms. The Morgan fingerprint density at radius 3 is 2.24 bits per heavy atom. The van der Waals surface area contributed by atoms with E-state index >= 15 is 0 Å². The Bertz CT molecular complexity index is 1300. The second-order valence-electron chi connectivity index (χ2n) is 11.7. The normalized spacial score (nSPS) is 22.0. The van der Waals surface area contributed by atoms with Crippen LogP contribution in [-0.4, -0.2) is 74.2 Å². The van der Waals surface area contributed by atoms with E-state index in [9.17, 15) is 9.18 Å². The predicted molar refractivity (Wildman–Crippen MR) is 162 cm³/mol. The smallest absolute Gasteiger partial charge is 0.224 e. The summed E-state index contributed by atoms with van der Waals surface area (Å²) in [6, 6.07) is 24.4. The molecular weight excluding hydrogens is 515 g/mol. The van der Waals surface area contributed by atoms with Crippen molar-refractivity contribution in [2.45, 2.75) is 44.2 Å². The summed E-state index contributed by atoms with van der Waals surface area (Å²) in [6.45, 7) is 5.59. The number of hydrogen-bond acceptors (Lipinski definition) is 5. The lowest BCUT2D eigenvalue weighted by atomic mass is 9.85. The number of fused-ring (bicyclic) bond motifs is 1. The molecule has 2 aliphatic heterocycles. The highest BCUT2D eigenvalue weighted by molar-refractivity contribution is 5.90. The van der Waals surface area contributed by atoms with Crippen LogP contribution in [0.25, 0.3) is 0 Å². The molecule has 0 spiro atoms. The number of ether oxygens (including phenoxy) is 1. The van der Waals surface area contributed by atoms with Gasteiger partial charge in [-0.15, -0.1) is 0 Å². The van der Waals surface area contributed by atoms with Gasteiger partial charge in [0.05, 0.1) is 12.8 Å². The first-order valence-electron chi connectivity index (χ1n) is 15.1. The summed E-state index contributed by atoms with van der Waals surface area (Å²) in [4.78, 5) is 20.5. The second kappa shape index (κ2) is 12.6. The molecule has 41 heavy (non-hydrogen) atoms. The van der Waals surface area contributed by atoms with Gasteiger partial charge < -0.3 is 15.0 Å². The molecule has 3 aromatic rings. The van der Waals surface area contributed by atoms with Crippen molar-refractivity contribution in [3.8, 4) is 5.75 Å². The molecule has 0 aromatic heterocycles. The summed E-state index contributed by atoms with van der Waals surface area (Å²) in [7, 11) is 1.64. The van der Waals surface area contributed by atoms with Crippen molar-refractivity contribution in [2.24, 2.45) is 5.92 Å². The zero-order valence-electron chi connectivity index (χ0n) is 24.0. The first-order chi connectivity index (χ1) is 20.1. The van der Waals surface area contributed by atoms with E-state index in [0.717, 1.165) is 76.4 Å². The number of hydrogen-bond donors (Lipinski definition) is 1. The van der Waals surface area contributed by atoms with Gasteiger partial charge in [-0.2, -0.15) is 0 Å². The monoisotopic (exact) mass is 556 g/mol. The molecule has 3 aliphatic rings. The highest BCUT2D eigenvalue weighted by Gasteiger charge is 2.38. The van der Waals surface area contributed by atoms with Crippen LogP contribution in [0.2, 0.25) is 0 Å². The van der Waals surface area contributed by atoms with E-state index in [1.807, 2.05) is 36.4 Å². The number of amides is 1. The number of anilines is 2. The van der Waals surface area contributed by atoms with E-state index in [1.165, 1.54) is 11.1 Å². The summed E-state index contributed by atoms with van der Waals surface area (Å²) >= 11 is 0. The standard InChI is InChI=1S/C34H41FN4O2/c1-41-30-13-11-28(12-14-30)36-34(40)15-10-27-24-39(29-22-25-6-2-3-7-26(25)23-29)17-16-32(27)37-18-20-38(21-19-37)33-9-5-4-8-31(33)35/h2-9,11-14,27,29,32H,10,15-24H2,1H3,(H,36,40)/t27-,32+/m1/s1. The van der Waals surface area contributed by atoms with Crippen LogP contribution in [0.1, 0.15) is 30.4 Å². The van der Waals surface area contributed by atoms with E-state index < -0.39 is 0 Å². The number of carbonyl (C=O) groups is 1. The van der Waals surface area contributed by atoms with Crippen molar-refractivity contribution in [1.82, 2.24) is 9.80 Å². The van der Waals surface area contributed by atoms with Crippen LogP contribution in [0.15, 0.2) is 72.8 Å². The summed E-state index contributed by atoms with van der Waals surface area (Å²) in [5.74, 6) is 1.10. The van der Waals surface area contributed by atoms with Gasteiger partial charge in [0.2, 0.25) is 5.91 Å². The lowest BCUT2D eigenvalue weighted by Gasteiger charge is -2.48. The van der Waals surface area contributed by atoms with Gasteiger partial charge in [-0.25, -0.2) is 4.39 Å². The molecule has 216 valence electrons. The number of halogens is 1. The third-order valence-electron chi connectivity index (χ3n) is 9.36. The Labute approximate surface area is 243 Å². The van der Waals surface area contributed by atoms with Crippen molar-refractivity contribution in [3.05, 3.63) is 89.7 Å². The number of nitrogens with zero attached hydrogens (tertiary/aromatic N) is 3. The van der Waals surface area contributed by atoms with Crippen LogP contribution in [0.4, 0.5) is 15.8 Å². The van der Waals surface area contributed by atoms with Crippen LogP contribution in [-0.2, 0) is 17.6 Å². The van der Waals surface area contributed by atoms with Gasteiger partial charge in [0.1, 0.15) is 11.6 Å². The maximum absolute atomic E-state index is 14.4. The number of likely N-dealkylation sites (tertiary alicyclic amines) is 1. The minimum absolute atomic E-state index is 0.0590. The van der Waals surface area contributed by atoms with Crippen molar-refractivity contribution >= 4 is 17.3 Å². The van der Waals surface area contributed by atoms with E-state index in [1.54, 1.807) is 19.2 Å². The third kappa shape index (κ3) is 6.41. The van der Waals surface area contributed by atoms with Gasteiger partial charge in [0.25, 0.3) is 0 Å². The van der Waals surface area contributed by atoms with E-state index in [-0.39, 0.29) is 11.7 Å². The molecule has 0 radical (unpaired) electrons. The van der Waals surface area contributed by atoms with Crippen LogP contribution < -0.4 is 15.0 Å². The maximum Gasteiger partial charge on any atom is 0.224 e. The van der Waals surface area contributed by atoms with E-state index in [2.05, 4.69) is 44.3 Å². The molecule has 1 amide bonds. The summed E-state index contributed by atoms with van der Waals surface area (Å²) in [5, 5.41) is 3.07. The van der Waals surface area contributed by atoms with Crippen molar-refractivity contribution in [3.63, 3.8) is 0 Å². The van der Waals surface area contributed by atoms with Crippen LogP contribution in [0, 0.1) is 11.7 Å². The molecule has 0 bridgehead atoms. The van der Waals surface area contributed by atoms with Gasteiger partial charge in [0.15, 0.2) is 0 Å². The predicted octanol–water partition coefficient (Wildman–Crippen LogP) is 5.23. The molecular formula is C34H41FN4O2. The van der Waals surface area contributed by atoms with Gasteiger partial charge in [0, 0.05) is 56.9 Å². The minimum atomic E-state index is -0.146. The zero-order valence-corrected chi connectivity index (χ0v) is 24.0. The number of benzene rings is 3. The number of nitrogens with one attached hydrogen (secondary N) is 1. The molecule has 6 nitrogen and oxygen atoms in total. The molecule has 2 fully saturated rings. The molecule has 3 aromatic carbocycles. The molecule has 0 saturated carbocycles. The van der Waals surface area contributed by atoms with E-state index in [0.29, 0.717) is 30.1 Å². The third-order valence-corrected chi connectivity index (χ3v) is 9.36. The maximum atomic E-state index is 14.4. The topological polar surface area (TPSA) is 48.1 Å². The molecule has 0 unspecified atom stereocenters. The van der Waals surface area contributed by atoms with Crippen LogP contribution in [0.5, 0.6) is 5.75 Å². The summed E-state index contributed by atoms with van der Waals surface area (Å²) in [6.07, 6.45) is 4.70. The Morgan fingerprint density at radius 1 is 0.878 bits per heavy atom. The van der Waals surface area contributed by atoms with Gasteiger partial charge in [-0.3, -0.25) is 14.6 Å². The first-order valence-corrected chi connectivity index (χ1v) is 15.1. The molecule has 2 saturated heterocycles. The lowest BCUT2D eigenvalue weighted by Crippen LogP contribution is -2.58. The van der Waals surface area contributed by atoms with Crippen molar-refractivity contribution < 1.29 is 13.9 Å². The minimum Gasteiger partial charge on any atom is -0.497 e. The molecule has 6 rings (SSSR count). The Balaban J connectivity index is 1.11. The number of piperidine rings is 1. The highest BCUT2D eigenvalue weighted by Crippen LogP contribution is 2.33. The van der Waals surface area contributed by atoms with Crippen LogP contribution in [0.3, 0.4) is 0 Å². The molecule has 1 N–H and O–H groups in total. The Morgan fingerprint density at radius 2 is 1.56 bits per heavy atom. The quantitative estimate of drug-likeness (QED) is 0.412. The number of piperazine rings is 1. The Hall–Kier alpha value is -3.42. The zero-order chi connectivity index (χ0) is 28.2. The number of methoxy groups -OCH3 is 1. The van der Waals surface area contributed by atoms with Crippen molar-refractivity contribution in [2.75, 3.05) is 56.6 Å². The van der Waals surface area contributed by atoms with Crippen LogP contribution >= 0.6 is 0 Å². The summed E-state index contributed by atoms with van der Waals surface area (Å²) in [5.41, 5.74) is 4.47. The molecule has 2 heterocycles. The van der Waals surface area contributed by atoms with Gasteiger partial charge >= 0.3 is 0 Å². The number of para-hydroxylation sites is 1. The highest BCUT2D eigenvalue weighted by atomic mass is 19.1. The first kappa shape index (κ1) is 27.7. The fourth-order valence-electron chi connectivity index (χ4n) is 7.15. The fourth-order valence-corrected chi connectivity index (χ4v) is 7.15. The second-order valence-corrected chi connectivity index (χ2v) is 11.7. The lowest BCUT2D eigenvalue weighted by molar-refractivity contribution is -0.116. The molecule has 1 aliphatic carbocycles. The number of rotatable bonds is 8. The Kier molecular flexibility index (Phi) is 8.54. The number of carbonyl (C=O) groups excluding carboxylic acids is 1. The van der Waals surface area contributed by atoms with Crippen molar-refractivity contribution in [1.29, 1.82) is 0 Å². The van der Waals surface area contributed by atoms with Gasteiger partial charge in [-0.05, 0) is 85.7 Å².